The highest BCUT2D eigenvalue weighted by atomic mass is 35.5. The summed E-state index contributed by atoms with van der Waals surface area (Å²) in [5.74, 6) is -1.10. The molecule has 2 unspecified atom stereocenters. The second-order valence-corrected chi connectivity index (χ2v) is 11.6. The molecular formula is C26H34Cl2FN3O4S. The number of rotatable bonds is 13. The molecule has 0 fully saturated rings. The van der Waals surface area contributed by atoms with Crippen molar-refractivity contribution in [3.8, 4) is 0 Å². The Labute approximate surface area is 229 Å². The monoisotopic (exact) mass is 573 g/mol. The topological polar surface area (TPSA) is 86.8 Å². The van der Waals surface area contributed by atoms with Crippen LogP contribution in [0.25, 0.3) is 0 Å². The number of benzene rings is 2. The van der Waals surface area contributed by atoms with E-state index < -0.39 is 21.9 Å². The Morgan fingerprint density at radius 2 is 1.62 bits per heavy atom. The highest BCUT2D eigenvalue weighted by molar-refractivity contribution is 7.92. The van der Waals surface area contributed by atoms with Gasteiger partial charge in [-0.2, -0.15) is 0 Å². The number of amides is 2. The van der Waals surface area contributed by atoms with Crippen LogP contribution in [0.5, 0.6) is 0 Å². The summed E-state index contributed by atoms with van der Waals surface area (Å²) >= 11 is 12.7. The Morgan fingerprint density at radius 3 is 2.14 bits per heavy atom. The van der Waals surface area contributed by atoms with Crippen LogP contribution in [0.4, 0.5) is 10.1 Å². The Hall–Kier alpha value is -2.36. The molecule has 0 aliphatic heterocycles. The second-order valence-electron chi connectivity index (χ2n) is 8.88. The van der Waals surface area contributed by atoms with Crippen LogP contribution in [-0.2, 0) is 26.2 Å². The number of carbonyl (C=O) groups excluding carboxylic acids is 2. The number of anilines is 1. The van der Waals surface area contributed by atoms with Gasteiger partial charge in [0.05, 0.1) is 11.9 Å². The molecule has 7 nitrogen and oxygen atoms in total. The van der Waals surface area contributed by atoms with Crippen molar-refractivity contribution in [2.45, 2.75) is 65.1 Å². The number of hydrogen-bond acceptors (Lipinski definition) is 4. The molecule has 204 valence electrons. The van der Waals surface area contributed by atoms with Crippen LogP contribution in [-0.4, -0.2) is 50.0 Å². The molecule has 0 heterocycles. The van der Waals surface area contributed by atoms with E-state index in [9.17, 15) is 22.4 Å². The predicted molar refractivity (Wildman–Crippen MR) is 147 cm³/mol. The van der Waals surface area contributed by atoms with Crippen molar-refractivity contribution in [1.29, 1.82) is 0 Å². The van der Waals surface area contributed by atoms with Gasteiger partial charge in [0.25, 0.3) is 0 Å². The smallest absolute Gasteiger partial charge is 0.243 e. The quantitative estimate of drug-likeness (QED) is 0.347. The van der Waals surface area contributed by atoms with E-state index in [1.165, 1.54) is 29.2 Å². The molecule has 0 aromatic heterocycles. The zero-order valence-corrected chi connectivity index (χ0v) is 23.8. The van der Waals surface area contributed by atoms with Gasteiger partial charge in [-0.15, -0.1) is 0 Å². The van der Waals surface area contributed by atoms with Crippen molar-refractivity contribution in [2.24, 2.45) is 0 Å². The van der Waals surface area contributed by atoms with Crippen molar-refractivity contribution in [2.75, 3.05) is 17.1 Å². The minimum Gasteiger partial charge on any atom is -0.352 e. The second kappa shape index (κ2) is 14.0. The zero-order valence-electron chi connectivity index (χ0n) is 21.5. The first kappa shape index (κ1) is 30.9. The van der Waals surface area contributed by atoms with Gasteiger partial charge in [-0.25, -0.2) is 12.8 Å². The van der Waals surface area contributed by atoms with E-state index in [0.29, 0.717) is 27.7 Å². The number of nitrogens with one attached hydrogen (secondary N) is 1. The maximum atomic E-state index is 13.5. The largest absolute Gasteiger partial charge is 0.352 e. The number of sulfonamides is 1. The first-order valence-corrected chi connectivity index (χ1v) is 14.7. The first-order valence-electron chi connectivity index (χ1n) is 12.1. The lowest BCUT2D eigenvalue weighted by atomic mass is 10.1. The van der Waals surface area contributed by atoms with E-state index in [0.717, 1.165) is 17.0 Å². The van der Waals surface area contributed by atoms with Gasteiger partial charge in [-0.3, -0.25) is 13.9 Å². The lowest BCUT2D eigenvalue weighted by Gasteiger charge is -2.32. The van der Waals surface area contributed by atoms with Gasteiger partial charge in [0.2, 0.25) is 21.8 Å². The molecular weight excluding hydrogens is 540 g/mol. The molecule has 2 atom stereocenters. The molecule has 11 heteroatoms. The SMILES string of the molecule is CCC(C)NC(=O)C(CC)N(Cc1c(Cl)cccc1Cl)C(=O)CCCN(c1ccc(F)cc1)S(C)(=O)=O. The van der Waals surface area contributed by atoms with Crippen molar-refractivity contribution >= 4 is 50.7 Å². The van der Waals surface area contributed by atoms with Crippen LogP contribution in [0.3, 0.4) is 0 Å². The number of carbonyl (C=O) groups is 2. The van der Waals surface area contributed by atoms with E-state index >= 15 is 0 Å². The molecule has 0 aliphatic carbocycles. The highest BCUT2D eigenvalue weighted by Gasteiger charge is 2.30. The number of hydrogen-bond donors (Lipinski definition) is 1. The normalized spacial score (nSPS) is 13.1. The molecule has 0 aliphatic rings. The highest BCUT2D eigenvalue weighted by Crippen LogP contribution is 2.27. The van der Waals surface area contributed by atoms with Crippen LogP contribution in [0.2, 0.25) is 10.0 Å². The fraction of sp³-hybridized carbons (Fsp3) is 0.462. The minimum atomic E-state index is -3.67. The van der Waals surface area contributed by atoms with Crippen LogP contribution in [0.15, 0.2) is 42.5 Å². The number of nitrogens with zero attached hydrogens (tertiary/aromatic N) is 2. The fourth-order valence-electron chi connectivity index (χ4n) is 3.83. The maximum Gasteiger partial charge on any atom is 0.243 e. The summed E-state index contributed by atoms with van der Waals surface area (Å²) in [7, 11) is -3.67. The number of halogens is 3. The summed E-state index contributed by atoms with van der Waals surface area (Å²) in [5, 5.41) is 3.69. The molecule has 2 aromatic carbocycles. The molecule has 2 amide bonds. The molecule has 0 spiro atoms. The summed E-state index contributed by atoms with van der Waals surface area (Å²) in [6, 6.07) is 9.29. The van der Waals surface area contributed by atoms with E-state index in [4.69, 9.17) is 23.2 Å². The van der Waals surface area contributed by atoms with E-state index in [2.05, 4.69) is 5.32 Å². The Morgan fingerprint density at radius 1 is 1.03 bits per heavy atom. The first-order chi connectivity index (χ1) is 17.4. The molecule has 0 saturated heterocycles. The lowest BCUT2D eigenvalue weighted by molar-refractivity contribution is -0.141. The Bertz CT molecular complexity index is 1160. The zero-order chi connectivity index (χ0) is 27.8. The van der Waals surface area contributed by atoms with Crippen molar-refractivity contribution in [3.05, 3.63) is 63.9 Å². The summed E-state index contributed by atoms with van der Waals surface area (Å²) in [4.78, 5) is 28.0. The molecule has 2 rings (SSSR count). The van der Waals surface area contributed by atoms with Gasteiger partial charge in [0, 0.05) is 41.2 Å². The van der Waals surface area contributed by atoms with E-state index in [-0.39, 0.29) is 43.8 Å². The average molecular weight is 575 g/mol. The summed E-state index contributed by atoms with van der Waals surface area (Å²) in [6.07, 6.45) is 2.30. The van der Waals surface area contributed by atoms with Gasteiger partial charge in [0.15, 0.2) is 0 Å². The maximum absolute atomic E-state index is 13.5. The third kappa shape index (κ3) is 8.86. The van der Waals surface area contributed by atoms with Crippen molar-refractivity contribution < 1.29 is 22.4 Å². The van der Waals surface area contributed by atoms with Gasteiger partial charge >= 0.3 is 0 Å². The molecule has 0 bridgehead atoms. The van der Waals surface area contributed by atoms with E-state index in [1.807, 2.05) is 20.8 Å². The molecule has 37 heavy (non-hydrogen) atoms. The van der Waals surface area contributed by atoms with Crippen molar-refractivity contribution in [1.82, 2.24) is 10.2 Å². The van der Waals surface area contributed by atoms with Crippen LogP contribution in [0.1, 0.15) is 52.0 Å². The predicted octanol–water partition coefficient (Wildman–Crippen LogP) is 5.40. The van der Waals surface area contributed by atoms with Gasteiger partial charge in [-0.05, 0) is 62.6 Å². The average Bonchev–Trinajstić information content (AvgIpc) is 2.83. The van der Waals surface area contributed by atoms with E-state index in [1.54, 1.807) is 18.2 Å². The van der Waals surface area contributed by atoms with Crippen molar-refractivity contribution in [3.63, 3.8) is 0 Å². The van der Waals surface area contributed by atoms with Crippen LogP contribution >= 0.6 is 23.2 Å². The summed E-state index contributed by atoms with van der Waals surface area (Å²) in [6.45, 7) is 5.68. The molecule has 0 saturated carbocycles. The van der Waals surface area contributed by atoms with Gasteiger partial charge in [0.1, 0.15) is 11.9 Å². The summed E-state index contributed by atoms with van der Waals surface area (Å²) < 4.78 is 39.2. The van der Waals surface area contributed by atoms with Crippen LogP contribution < -0.4 is 9.62 Å². The standard InChI is InChI=1S/C26H34Cl2FN3O4S/c1-5-18(3)30-26(34)24(6-2)31(17-21-22(27)9-7-10-23(21)28)25(33)11-8-16-32(37(4,35)36)20-14-12-19(29)13-15-20/h7,9-10,12-15,18,24H,5-6,8,11,16-17H2,1-4H3,(H,30,34). The third-order valence-corrected chi connectivity index (χ3v) is 7.95. The fourth-order valence-corrected chi connectivity index (χ4v) is 5.31. The molecule has 2 aromatic rings. The molecule has 1 N–H and O–H groups in total. The Balaban J connectivity index is 2.27. The van der Waals surface area contributed by atoms with Crippen LogP contribution in [0, 0.1) is 5.82 Å². The summed E-state index contributed by atoms with van der Waals surface area (Å²) in [5.41, 5.74) is 0.827. The lowest BCUT2D eigenvalue weighted by Crippen LogP contribution is -2.50. The Kier molecular flexibility index (Phi) is 11.7. The molecule has 0 radical (unpaired) electrons. The van der Waals surface area contributed by atoms with Gasteiger partial charge in [-0.1, -0.05) is 43.1 Å². The minimum absolute atomic E-state index is 0.00670. The third-order valence-electron chi connectivity index (χ3n) is 6.04. The van der Waals surface area contributed by atoms with Gasteiger partial charge < -0.3 is 10.2 Å².